The summed E-state index contributed by atoms with van der Waals surface area (Å²) in [5.74, 6) is 0.362. The number of amides is 2. The van der Waals surface area contributed by atoms with Gasteiger partial charge in [0, 0.05) is 29.5 Å². The van der Waals surface area contributed by atoms with Gasteiger partial charge >= 0.3 is 6.09 Å². The maximum Gasteiger partial charge on any atom is 0.413 e. The molecule has 0 fully saturated rings. The fourth-order valence-electron chi connectivity index (χ4n) is 2.84. The topological polar surface area (TPSA) is 97.6 Å². The Balaban J connectivity index is 1.48. The van der Waals surface area contributed by atoms with Gasteiger partial charge in [-0.3, -0.25) is 10.1 Å². The predicted octanol–water partition coefficient (Wildman–Crippen LogP) is 3.17. The molecule has 0 bridgehead atoms. The van der Waals surface area contributed by atoms with Crippen molar-refractivity contribution >= 4 is 28.5 Å². The van der Waals surface area contributed by atoms with Crippen LogP contribution in [-0.4, -0.2) is 40.7 Å². The number of carbonyl (C=O) groups excluding carboxylic acids is 2. The third kappa shape index (κ3) is 3.54. The zero-order valence-corrected chi connectivity index (χ0v) is 15.3. The van der Waals surface area contributed by atoms with Crippen molar-refractivity contribution in [2.75, 3.05) is 19.0 Å². The van der Waals surface area contributed by atoms with Gasteiger partial charge in [0.05, 0.1) is 19.3 Å². The van der Waals surface area contributed by atoms with Gasteiger partial charge in [0.1, 0.15) is 0 Å². The molecule has 1 N–H and O–H groups in total. The van der Waals surface area contributed by atoms with Gasteiger partial charge in [0.25, 0.3) is 5.91 Å². The van der Waals surface area contributed by atoms with Crippen LogP contribution in [0.25, 0.3) is 11.3 Å². The molecule has 0 aliphatic carbocycles. The molecule has 3 heterocycles. The highest BCUT2D eigenvalue weighted by atomic mass is 32.1. The fourth-order valence-corrected chi connectivity index (χ4v) is 3.85. The van der Waals surface area contributed by atoms with E-state index in [1.165, 1.54) is 18.4 Å². The van der Waals surface area contributed by atoms with E-state index in [-0.39, 0.29) is 11.6 Å². The fraction of sp³-hybridized carbons (Fsp3) is 0.222. The van der Waals surface area contributed by atoms with Crippen LogP contribution in [0, 0.1) is 0 Å². The number of rotatable bonds is 3. The lowest BCUT2D eigenvalue weighted by atomic mass is 10.1. The Kier molecular flexibility index (Phi) is 4.59. The minimum Gasteiger partial charge on any atom is -0.453 e. The molecule has 138 valence electrons. The average Bonchev–Trinajstić information content (AvgIpc) is 3.34. The monoisotopic (exact) mass is 384 g/mol. The second kappa shape index (κ2) is 7.20. The minimum atomic E-state index is -0.565. The van der Waals surface area contributed by atoms with E-state index in [1.807, 2.05) is 30.3 Å². The van der Waals surface area contributed by atoms with Gasteiger partial charge in [-0.2, -0.15) is 0 Å². The van der Waals surface area contributed by atoms with Gasteiger partial charge < -0.3 is 14.2 Å². The molecular weight excluding hydrogens is 368 g/mol. The molecule has 0 saturated heterocycles. The van der Waals surface area contributed by atoms with E-state index in [4.69, 9.17) is 4.52 Å². The van der Waals surface area contributed by atoms with E-state index in [0.717, 1.165) is 16.1 Å². The summed E-state index contributed by atoms with van der Waals surface area (Å²) in [6.45, 7) is 0.947. The molecular formula is C18H16N4O4S. The first-order chi connectivity index (χ1) is 13.1. The highest BCUT2D eigenvalue weighted by Crippen LogP contribution is 2.29. The van der Waals surface area contributed by atoms with Crippen LogP contribution in [0.4, 0.5) is 9.93 Å². The Hall–Kier alpha value is -3.20. The van der Waals surface area contributed by atoms with Crippen molar-refractivity contribution in [3.05, 3.63) is 52.7 Å². The molecule has 1 aliphatic heterocycles. The van der Waals surface area contributed by atoms with Crippen LogP contribution in [-0.2, 0) is 17.7 Å². The van der Waals surface area contributed by atoms with Gasteiger partial charge in [-0.05, 0) is 0 Å². The number of hydrogen-bond acceptors (Lipinski definition) is 7. The van der Waals surface area contributed by atoms with E-state index in [0.29, 0.717) is 30.4 Å². The Morgan fingerprint density at radius 2 is 2.11 bits per heavy atom. The van der Waals surface area contributed by atoms with Crippen molar-refractivity contribution in [2.45, 2.75) is 13.0 Å². The second-order valence-corrected chi connectivity index (χ2v) is 7.01. The molecule has 0 atom stereocenters. The van der Waals surface area contributed by atoms with Gasteiger partial charge in [0.2, 0.25) is 0 Å². The third-order valence-corrected chi connectivity index (χ3v) is 5.20. The minimum absolute atomic E-state index is 0.192. The molecule has 1 aliphatic rings. The molecule has 0 saturated carbocycles. The summed E-state index contributed by atoms with van der Waals surface area (Å²) >= 11 is 1.34. The zero-order chi connectivity index (χ0) is 18.8. The molecule has 1 aromatic carbocycles. The molecule has 8 nitrogen and oxygen atoms in total. The molecule has 0 unspecified atom stereocenters. The third-order valence-electron chi connectivity index (χ3n) is 4.20. The van der Waals surface area contributed by atoms with Crippen molar-refractivity contribution in [3.63, 3.8) is 0 Å². The number of benzene rings is 1. The van der Waals surface area contributed by atoms with E-state index < -0.39 is 6.09 Å². The number of thiazole rings is 1. The molecule has 27 heavy (non-hydrogen) atoms. The standard InChI is InChI=1S/C18H16N4O4S/c1-25-18(24)20-17-19-12-7-8-22(10-15(12)27-17)16(23)13-9-14(26-21-13)11-5-3-2-4-6-11/h2-6,9H,7-8,10H2,1H3,(H,19,20,24). The molecule has 0 spiro atoms. The Labute approximate surface area is 158 Å². The van der Waals surface area contributed by atoms with E-state index in [1.54, 1.807) is 11.0 Å². The number of fused-ring (bicyclic) bond motifs is 1. The highest BCUT2D eigenvalue weighted by Gasteiger charge is 2.27. The smallest absolute Gasteiger partial charge is 0.413 e. The van der Waals surface area contributed by atoms with Crippen LogP contribution >= 0.6 is 11.3 Å². The number of methoxy groups -OCH3 is 1. The second-order valence-electron chi connectivity index (χ2n) is 5.92. The Morgan fingerprint density at radius 3 is 2.89 bits per heavy atom. The lowest BCUT2D eigenvalue weighted by Crippen LogP contribution is -2.35. The Bertz CT molecular complexity index is 982. The van der Waals surface area contributed by atoms with Crippen molar-refractivity contribution in [3.8, 4) is 11.3 Å². The molecule has 3 aromatic rings. The molecule has 0 radical (unpaired) electrons. The summed E-state index contributed by atoms with van der Waals surface area (Å²) in [5.41, 5.74) is 2.03. The van der Waals surface area contributed by atoms with Crippen LogP contribution in [0.2, 0.25) is 0 Å². The molecule has 2 amide bonds. The van der Waals surface area contributed by atoms with E-state index >= 15 is 0 Å². The van der Waals surface area contributed by atoms with Crippen molar-refractivity contribution in [1.29, 1.82) is 0 Å². The van der Waals surface area contributed by atoms with Crippen LogP contribution in [0.3, 0.4) is 0 Å². The number of nitrogens with one attached hydrogen (secondary N) is 1. The van der Waals surface area contributed by atoms with E-state index in [9.17, 15) is 9.59 Å². The predicted molar refractivity (Wildman–Crippen MR) is 98.5 cm³/mol. The number of ether oxygens (including phenoxy) is 1. The maximum atomic E-state index is 12.8. The van der Waals surface area contributed by atoms with Crippen LogP contribution in [0.5, 0.6) is 0 Å². The van der Waals surface area contributed by atoms with Crippen molar-refractivity contribution < 1.29 is 18.8 Å². The summed E-state index contributed by atoms with van der Waals surface area (Å²) in [5, 5.41) is 6.96. The first-order valence-electron chi connectivity index (χ1n) is 8.29. The lowest BCUT2D eigenvalue weighted by Gasteiger charge is -2.25. The maximum absolute atomic E-state index is 12.8. The number of anilines is 1. The van der Waals surface area contributed by atoms with Crippen LogP contribution in [0.1, 0.15) is 21.1 Å². The summed E-state index contributed by atoms with van der Waals surface area (Å²) in [6.07, 6.45) is 0.0501. The van der Waals surface area contributed by atoms with Gasteiger partial charge in [-0.15, -0.1) is 0 Å². The summed E-state index contributed by atoms with van der Waals surface area (Å²) < 4.78 is 9.90. The molecule has 9 heteroatoms. The number of aromatic nitrogens is 2. The summed E-state index contributed by atoms with van der Waals surface area (Å²) in [7, 11) is 1.30. The normalized spacial score (nSPS) is 13.1. The van der Waals surface area contributed by atoms with Gasteiger partial charge in [0.15, 0.2) is 16.6 Å². The van der Waals surface area contributed by atoms with Gasteiger partial charge in [-0.1, -0.05) is 46.8 Å². The quantitative estimate of drug-likeness (QED) is 0.745. The summed E-state index contributed by atoms with van der Waals surface area (Å²) in [6, 6.07) is 11.2. The molecule has 4 rings (SSSR count). The first-order valence-corrected chi connectivity index (χ1v) is 9.10. The summed E-state index contributed by atoms with van der Waals surface area (Å²) in [4.78, 5) is 31.1. The van der Waals surface area contributed by atoms with Gasteiger partial charge in [-0.25, -0.2) is 9.78 Å². The van der Waals surface area contributed by atoms with Crippen molar-refractivity contribution in [1.82, 2.24) is 15.0 Å². The SMILES string of the molecule is COC(=O)Nc1nc2c(s1)CN(C(=O)c1cc(-c3ccccc3)on1)CC2. The number of carbonyl (C=O) groups is 2. The molecule has 2 aromatic heterocycles. The first kappa shape index (κ1) is 17.2. The lowest BCUT2D eigenvalue weighted by molar-refractivity contribution is 0.0725. The van der Waals surface area contributed by atoms with Crippen LogP contribution in [0.15, 0.2) is 40.9 Å². The van der Waals surface area contributed by atoms with Crippen LogP contribution < -0.4 is 5.32 Å². The number of hydrogen-bond donors (Lipinski definition) is 1. The Morgan fingerprint density at radius 1 is 1.30 bits per heavy atom. The largest absolute Gasteiger partial charge is 0.453 e. The zero-order valence-electron chi connectivity index (χ0n) is 14.5. The number of nitrogens with zero attached hydrogens (tertiary/aromatic N) is 3. The average molecular weight is 384 g/mol. The van der Waals surface area contributed by atoms with E-state index in [2.05, 4.69) is 20.2 Å². The highest BCUT2D eigenvalue weighted by molar-refractivity contribution is 7.15. The van der Waals surface area contributed by atoms with Crippen molar-refractivity contribution in [2.24, 2.45) is 0 Å².